The second-order valence-electron chi connectivity index (χ2n) is 5.68. The number of aryl methyl sites for hydroxylation is 1. The van der Waals surface area contributed by atoms with E-state index in [1.165, 1.54) is 0 Å². The summed E-state index contributed by atoms with van der Waals surface area (Å²) in [5.74, 6) is 0.0885. The van der Waals surface area contributed by atoms with Crippen molar-refractivity contribution in [3.05, 3.63) is 33.8 Å². The minimum Gasteiger partial charge on any atom is -0.393 e. The predicted octanol–water partition coefficient (Wildman–Crippen LogP) is 3.29. The molecule has 2 rings (SSSR count). The summed E-state index contributed by atoms with van der Waals surface area (Å²) in [6, 6.07) is 5.71. The molecule has 20 heavy (non-hydrogen) atoms. The Balaban J connectivity index is 2.08. The average Bonchev–Trinajstić information content (AvgIpc) is 2.42. The van der Waals surface area contributed by atoms with Crippen molar-refractivity contribution in [2.75, 3.05) is 13.1 Å². The van der Waals surface area contributed by atoms with E-state index in [0.29, 0.717) is 18.1 Å². The largest absolute Gasteiger partial charge is 0.393 e. The molecule has 3 nitrogen and oxygen atoms in total. The molecule has 0 radical (unpaired) electrons. The Morgan fingerprint density at radius 1 is 1.40 bits per heavy atom. The molecule has 0 unspecified atom stereocenters. The summed E-state index contributed by atoms with van der Waals surface area (Å²) in [5.41, 5.74) is 7.49. The van der Waals surface area contributed by atoms with Crippen LogP contribution in [0.4, 0.5) is 0 Å². The molecule has 108 valence electrons. The highest BCUT2D eigenvalue weighted by Gasteiger charge is 2.34. The predicted molar refractivity (Wildman–Crippen MR) is 88.9 cm³/mol. The number of benzene rings is 1. The third-order valence-electron chi connectivity index (χ3n) is 4.15. The van der Waals surface area contributed by atoms with Crippen molar-refractivity contribution >= 4 is 39.0 Å². The van der Waals surface area contributed by atoms with Crippen molar-refractivity contribution in [1.29, 1.82) is 0 Å². The summed E-state index contributed by atoms with van der Waals surface area (Å²) in [6.07, 6.45) is 1.67. The summed E-state index contributed by atoms with van der Waals surface area (Å²) in [4.78, 5) is 14.9. The van der Waals surface area contributed by atoms with Crippen molar-refractivity contribution < 1.29 is 4.79 Å². The maximum Gasteiger partial charge on any atom is 0.253 e. The fraction of sp³-hybridized carbons (Fsp3) is 0.467. The minimum atomic E-state index is -0.109. The lowest BCUT2D eigenvalue weighted by Gasteiger charge is -2.38. The van der Waals surface area contributed by atoms with Gasteiger partial charge in [-0.1, -0.05) is 35.1 Å². The van der Waals surface area contributed by atoms with Crippen LogP contribution in [0.2, 0.25) is 0 Å². The number of thiocarbonyl (C=S) groups is 1. The van der Waals surface area contributed by atoms with Gasteiger partial charge < -0.3 is 10.6 Å². The molecule has 1 aromatic carbocycles. The molecule has 1 aromatic rings. The van der Waals surface area contributed by atoms with Crippen LogP contribution in [0.3, 0.4) is 0 Å². The Bertz CT molecular complexity index is 551. The van der Waals surface area contributed by atoms with Crippen molar-refractivity contribution in [3.8, 4) is 0 Å². The van der Waals surface area contributed by atoms with Crippen LogP contribution >= 0.6 is 28.1 Å². The van der Waals surface area contributed by atoms with E-state index >= 15 is 0 Å². The van der Waals surface area contributed by atoms with Crippen LogP contribution in [0.1, 0.15) is 35.7 Å². The Hall–Kier alpha value is -0.940. The molecule has 1 aliphatic heterocycles. The lowest BCUT2D eigenvalue weighted by molar-refractivity contribution is 0.0670. The number of amides is 1. The van der Waals surface area contributed by atoms with Crippen LogP contribution in [0.25, 0.3) is 0 Å². The van der Waals surface area contributed by atoms with Gasteiger partial charge in [0.15, 0.2) is 0 Å². The number of hydrogen-bond acceptors (Lipinski definition) is 2. The van der Waals surface area contributed by atoms with Gasteiger partial charge in [0.2, 0.25) is 0 Å². The van der Waals surface area contributed by atoms with E-state index in [4.69, 9.17) is 18.0 Å². The summed E-state index contributed by atoms with van der Waals surface area (Å²) in [5, 5.41) is 0. The van der Waals surface area contributed by atoms with Gasteiger partial charge in [0.05, 0.1) is 4.99 Å². The van der Waals surface area contributed by atoms with Gasteiger partial charge >= 0.3 is 0 Å². The van der Waals surface area contributed by atoms with Crippen LogP contribution in [0.5, 0.6) is 0 Å². The zero-order valence-electron chi connectivity index (χ0n) is 11.8. The van der Waals surface area contributed by atoms with Gasteiger partial charge in [0, 0.05) is 28.5 Å². The summed E-state index contributed by atoms with van der Waals surface area (Å²) in [6.45, 7) is 5.49. The van der Waals surface area contributed by atoms with Gasteiger partial charge in [0.1, 0.15) is 0 Å². The Morgan fingerprint density at radius 2 is 2.00 bits per heavy atom. The van der Waals surface area contributed by atoms with Crippen LogP contribution in [-0.4, -0.2) is 28.9 Å². The van der Waals surface area contributed by atoms with Crippen molar-refractivity contribution in [2.24, 2.45) is 11.1 Å². The maximum atomic E-state index is 12.5. The number of nitrogens with two attached hydrogens (primary N) is 1. The van der Waals surface area contributed by atoms with Crippen LogP contribution in [0, 0.1) is 12.3 Å². The first kappa shape index (κ1) is 15.4. The number of carbonyl (C=O) groups is 1. The van der Waals surface area contributed by atoms with Crippen molar-refractivity contribution in [2.45, 2.75) is 26.7 Å². The summed E-state index contributed by atoms with van der Waals surface area (Å²) < 4.78 is 1.02. The van der Waals surface area contributed by atoms with Gasteiger partial charge in [-0.05, 0) is 43.5 Å². The molecule has 0 aromatic heterocycles. The standard InChI is InChI=1S/C15H19BrN2OS/c1-10-9-11(3-4-12(10)16)13(19)18-7-5-15(2,6-8-18)14(17)20/h3-4,9H,5-8H2,1-2H3,(H2,17,20). The zero-order valence-corrected chi connectivity index (χ0v) is 14.2. The molecule has 1 fully saturated rings. The average molecular weight is 355 g/mol. The minimum absolute atomic E-state index is 0.0885. The lowest BCUT2D eigenvalue weighted by atomic mass is 9.80. The Labute approximate surface area is 133 Å². The first-order valence-corrected chi connectivity index (χ1v) is 7.89. The Morgan fingerprint density at radius 3 is 2.50 bits per heavy atom. The van der Waals surface area contributed by atoms with E-state index in [2.05, 4.69) is 22.9 Å². The first-order chi connectivity index (χ1) is 9.33. The molecule has 1 amide bonds. The second-order valence-corrected chi connectivity index (χ2v) is 6.98. The SMILES string of the molecule is Cc1cc(C(=O)N2CCC(C)(C(N)=S)CC2)ccc1Br. The van der Waals surface area contributed by atoms with E-state index in [1.807, 2.05) is 30.0 Å². The molecule has 1 aliphatic rings. The third-order valence-corrected chi connectivity index (χ3v) is 5.54. The van der Waals surface area contributed by atoms with Gasteiger partial charge in [-0.2, -0.15) is 0 Å². The maximum absolute atomic E-state index is 12.5. The molecular formula is C15H19BrN2OS. The third kappa shape index (κ3) is 3.04. The molecule has 5 heteroatoms. The number of piperidine rings is 1. The molecule has 0 bridgehead atoms. The quantitative estimate of drug-likeness (QED) is 0.828. The highest BCUT2D eigenvalue weighted by molar-refractivity contribution is 9.10. The number of hydrogen-bond donors (Lipinski definition) is 1. The van der Waals surface area contributed by atoms with E-state index in [-0.39, 0.29) is 11.3 Å². The molecule has 0 spiro atoms. The molecule has 1 saturated heterocycles. The molecule has 2 N–H and O–H groups in total. The molecular weight excluding hydrogens is 336 g/mol. The molecule has 1 heterocycles. The van der Waals surface area contributed by atoms with Crippen molar-refractivity contribution in [1.82, 2.24) is 4.90 Å². The first-order valence-electron chi connectivity index (χ1n) is 6.69. The lowest BCUT2D eigenvalue weighted by Crippen LogP contribution is -2.46. The van der Waals surface area contributed by atoms with Crippen LogP contribution < -0.4 is 5.73 Å². The smallest absolute Gasteiger partial charge is 0.253 e. The number of rotatable bonds is 2. The van der Waals surface area contributed by atoms with Gasteiger partial charge in [0.25, 0.3) is 5.91 Å². The number of likely N-dealkylation sites (tertiary alicyclic amines) is 1. The fourth-order valence-electron chi connectivity index (χ4n) is 2.41. The van der Waals surface area contributed by atoms with E-state index in [0.717, 1.165) is 28.4 Å². The highest BCUT2D eigenvalue weighted by Crippen LogP contribution is 2.31. The second kappa shape index (κ2) is 5.82. The summed E-state index contributed by atoms with van der Waals surface area (Å²) in [7, 11) is 0. The number of halogens is 1. The van der Waals surface area contributed by atoms with Crippen molar-refractivity contribution in [3.63, 3.8) is 0 Å². The van der Waals surface area contributed by atoms with Crippen LogP contribution in [-0.2, 0) is 0 Å². The molecule has 0 atom stereocenters. The fourth-order valence-corrected chi connectivity index (χ4v) is 2.86. The molecule has 0 saturated carbocycles. The normalized spacial score (nSPS) is 17.9. The summed E-state index contributed by atoms with van der Waals surface area (Å²) >= 11 is 8.58. The monoisotopic (exact) mass is 354 g/mol. The number of carbonyl (C=O) groups excluding carboxylic acids is 1. The van der Waals surface area contributed by atoms with Gasteiger partial charge in [-0.15, -0.1) is 0 Å². The zero-order chi connectivity index (χ0) is 14.9. The highest BCUT2D eigenvalue weighted by atomic mass is 79.9. The van der Waals surface area contributed by atoms with Gasteiger partial charge in [-0.3, -0.25) is 4.79 Å². The number of nitrogens with zero attached hydrogens (tertiary/aromatic N) is 1. The van der Waals surface area contributed by atoms with Crippen LogP contribution in [0.15, 0.2) is 22.7 Å². The van der Waals surface area contributed by atoms with E-state index < -0.39 is 0 Å². The molecule has 0 aliphatic carbocycles. The van der Waals surface area contributed by atoms with E-state index in [9.17, 15) is 4.79 Å². The Kier molecular flexibility index (Phi) is 4.49. The topological polar surface area (TPSA) is 46.3 Å². The van der Waals surface area contributed by atoms with Gasteiger partial charge in [-0.25, -0.2) is 0 Å². The van der Waals surface area contributed by atoms with E-state index in [1.54, 1.807) is 0 Å².